The van der Waals surface area contributed by atoms with Gasteiger partial charge in [-0.1, -0.05) is 6.42 Å². The fourth-order valence-electron chi connectivity index (χ4n) is 3.15. The molecular formula is C20H27N3O3S. The molecule has 3 rings (SSSR count). The van der Waals surface area contributed by atoms with Crippen LogP contribution in [-0.4, -0.2) is 42.1 Å². The van der Waals surface area contributed by atoms with Gasteiger partial charge in [0.1, 0.15) is 0 Å². The molecule has 1 amide bonds. The Morgan fingerprint density at radius 3 is 2.63 bits per heavy atom. The van der Waals surface area contributed by atoms with Crippen LogP contribution in [0.4, 0.5) is 5.13 Å². The number of carbonyl (C=O) groups is 1. The molecule has 146 valence electrons. The number of anilines is 1. The van der Waals surface area contributed by atoms with Crippen LogP contribution in [0.3, 0.4) is 0 Å². The summed E-state index contributed by atoms with van der Waals surface area (Å²) in [6, 6.07) is 5.23. The quantitative estimate of drug-likeness (QED) is 0.734. The van der Waals surface area contributed by atoms with E-state index in [1.165, 1.54) is 30.6 Å². The molecule has 0 saturated carbocycles. The Balaban J connectivity index is 1.63. The maximum Gasteiger partial charge on any atom is 0.257 e. The van der Waals surface area contributed by atoms with Gasteiger partial charge in [-0.25, -0.2) is 4.98 Å². The lowest BCUT2D eigenvalue weighted by atomic mass is 10.1. The molecule has 0 atom stereocenters. The van der Waals surface area contributed by atoms with E-state index in [2.05, 4.69) is 15.2 Å². The van der Waals surface area contributed by atoms with Crippen LogP contribution in [0, 0.1) is 0 Å². The van der Waals surface area contributed by atoms with Crippen LogP contribution in [0.25, 0.3) is 0 Å². The van der Waals surface area contributed by atoms with Gasteiger partial charge in [-0.05, 0) is 58.0 Å². The summed E-state index contributed by atoms with van der Waals surface area (Å²) >= 11 is 1.46. The lowest BCUT2D eigenvalue weighted by Crippen LogP contribution is -2.29. The first-order valence-electron chi connectivity index (χ1n) is 9.57. The molecule has 0 aliphatic carbocycles. The van der Waals surface area contributed by atoms with Crippen molar-refractivity contribution in [2.75, 3.05) is 31.6 Å². The molecule has 2 heterocycles. The Bertz CT molecular complexity index is 757. The molecule has 1 aromatic carbocycles. The Morgan fingerprint density at radius 1 is 1.15 bits per heavy atom. The molecule has 6 nitrogen and oxygen atoms in total. The number of thiazole rings is 1. The number of amides is 1. The standard InChI is InChI=1S/C20H27N3O3S/c1-3-25-17-9-8-15(12-18(17)26-4-2)19(24)22-20-21-16(14-27-20)13-23-10-6-5-7-11-23/h8-9,12,14H,3-7,10-11,13H2,1-2H3,(H,21,22,24). The molecular weight excluding hydrogens is 362 g/mol. The number of rotatable bonds is 8. The van der Waals surface area contributed by atoms with Gasteiger partial charge in [0.25, 0.3) is 5.91 Å². The highest BCUT2D eigenvalue weighted by Gasteiger charge is 2.15. The van der Waals surface area contributed by atoms with E-state index >= 15 is 0 Å². The van der Waals surface area contributed by atoms with E-state index in [4.69, 9.17) is 9.47 Å². The maximum atomic E-state index is 12.6. The van der Waals surface area contributed by atoms with Crippen LogP contribution in [0.1, 0.15) is 49.2 Å². The summed E-state index contributed by atoms with van der Waals surface area (Å²) < 4.78 is 11.1. The molecule has 0 bridgehead atoms. The van der Waals surface area contributed by atoms with Crippen LogP contribution in [-0.2, 0) is 6.54 Å². The number of hydrogen-bond acceptors (Lipinski definition) is 6. The summed E-state index contributed by atoms with van der Waals surface area (Å²) in [6.45, 7) is 7.99. The number of ether oxygens (including phenoxy) is 2. The predicted octanol–water partition coefficient (Wildman–Crippen LogP) is 4.18. The van der Waals surface area contributed by atoms with Crippen molar-refractivity contribution < 1.29 is 14.3 Å². The third-order valence-corrected chi connectivity index (χ3v) is 5.22. The summed E-state index contributed by atoms with van der Waals surface area (Å²) in [5.41, 5.74) is 1.54. The zero-order valence-corrected chi connectivity index (χ0v) is 16.8. The molecule has 0 radical (unpaired) electrons. The summed E-state index contributed by atoms with van der Waals surface area (Å²) in [7, 11) is 0. The first-order chi connectivity index (χ1) is 13.2. The third kappa shape index (κ3) is 5.43. The monoisotopic (exact) mass is 389 g/mol. The van der Waals surface area contributed by atoms with E-state index < -0.39 is 0 Å². The number of nitrogens with zero attached hydrogens (tertiary/aromatic N) is 2. The van der Waals surface area contributed by atoms with E-state index in [1.54, 1.807) is 18.2 Å². The number of piperidine rings is 1. The predicted molar refractivity (Wildman–Crippen MR) is 108 cm³/mol. The lowest BCUT2D eigenvalue weighted by molar-refractivity contribution is 0.102. The van der Waals surface area contributed by atoms with Crippen LogP contribution in [0.15, 0.2) is 23.6 Å². The van der Waals surface area contributed by atoms with Gasteiger partial charge in [-0.15, -0.1) is 11.3 Å². The van der Waals surface area contributed by atoms with Gasteiger partial charge in [0.2, 0.25) is 0 Å². The number of hydrogen-bond donors (Lipinski definition) is 1. The first-order valence-corrected chi connectivity index (χ1v) is 10.4. The molecule has 27 heavy (non-hydrogen) atoms. The van der Waals surface area contributed by atoms with E-state index in [-0.39, 0.29) is 5.91 Å². The van der Waals surface area contributed by atoms with Crippen molar-refractivity contribution in [3.63, 3.8) is 0 Å². The Kier molecular flexibility index (Phi) is 7.06. The minimum atomic E-state index is -0.196. The minimum Gasteiger partial charge on any atom is -0.490 e. The second-order valence-corrected chi connectivity index (χ2v) is 7.32. The topological polar surface area (TPSA) is 63.7 Å². The number of carbonyl (C=O) groups excluding carboxylic acids is 1. The molecule has 1 aliphatic heterocycles. The lowest BCUT2D eigenvalue weighted by Gasteiger charge is -2.25. The normalized spacial score (nSPS) is 14.7. The minimum absolute atomic E-state index is 0.196. The van der Waals surface area contributed by atoms with Crippen molar-refractivity contribution in [3.05, 3.63) is 34.8 Å². The van der Waals surface area contributed by atoms with E-state index in [1.807, 2.05) is 19.2 Å². The van der Waals surface area contributed by atoms with Crippen LogP contribution in [0.5, 0.6) is 11.5 Å². The van der Waals surface area contributed by atoms with Gasteiger partial charge in [-0.2, -0.15) is 0 Å². The molecule has 0 unspecified atom stereocenters. The number of aromatic nitrogens is 1. The van der Waals surface area contributed by atoms with Crippen molar-refractivity contribution in [1.82, 2.24) is 9.88 Å². The van der Waals surface area contributed by atoms with E-state index in [0.717, 1.165) is 25.3 Å². The fourth-order valence-corrected chi connectivity index (χ4v) is 3.84. The molecule has 1 N–H and O–H groups in total. The summed E-state index contributed by atoms with van der Waals surface area (Å²) in [6.07, 6.45) is 3.84. The van der Waals surface area contributed by atoms with Gasteiger partial charge < -0.3 is 9.47 Å². The van der Waals surface area contributed by atoms with Crippen LogP contribution < -0.4 is 14.8 Å². The molecule has 7 heteroatoms. The van der Waals surface area contributed by atoms with E-state index in [0.29, 0.717) is 35.4 Å². The Labute approximate surface area is 164 Å². The SMILES string of the molecule is CCOc1ccc(C(=O)Nc2nc(CN3CCCCC3)cs2)cc1OCC. The highest BCUT2D eigenvalue weighted by atomic mass is 32.1. The smallest absolute Gasteiger partial charge is 0.257 e. The number of benzene rings is 1. The van der Waals surface area contributed by atoms with E-state index in [9.17, 15) is 4.79 Å². The van der Waals surface area contributed by atoms with Crippen molar-refractivity contribution in [2.24, 2.45) is 0 Å². The molecule has 2 aromatic rings. The van der Waals surface area contributed by atoms with Crippen molar-refractivity contribution in [3.8, 4) is 11.5 Å². The first kappa shape index (κ1) is 19.6. The Hall–Kier alpha value is -2.12. The second-order valence-electron chi connectivity index (χ2n) is 6.46. The molecule has 1 aliphatic rings. The molecule has 0 spiro atoms. The third-order valence-electron chi connectivity index (χ3n) is 4.41. The number of nitrogens with one attached hydrogen (secondary N) is 1. The van der Waals surface area contributed by atoms with Gasteiger partial charge >= 0.3 is 0 Å². The molecule has 1 saturated heterocycles. The van der Waals surface area contributed by atoms with Crippen LogP contribution in [0.2, 0.25) is 0 Å². The largest absolute Gasteiger partial charge is 0.490 e. The fraction of sp³-hybridized carbons (Fsp3) is 0.500. The average Bonchev–Trinajstić information content (AvgIpc) is 3.11. The highest BCUT2D eigenvalue weighted by molar-refractivity contribution is 7.13. The second kappa shape index (κ2) is 9.71. The summed E-state index contributed by atoms with van der Waals surface area (Å²) in [5, 5.41) is 5.54. The number of likely N-dealkylation sites (tertiary alicyclic amines) is 1. The van der Waals surface area contributed by atoms with Gasteiger partial charge in [0, 0.05) is 17.5 Å². The summed E-state index contributed by atoms with van der Waals surface area (Å²) in [5.74, 6) is 1.03. The molecule has 1 aromatic heterocycles. The van der Waals surface area contributed by atoms with Crippen molar-refractivity contribution in [1.29, 1.82) is 0 Å². The van der Waals surface area contributed by atoms with Gasteiger partial charge in [0.05, 0.1) is 18.9 Å². The average molecular weight is 390 g/mol. The highest BCUT2D eigenvalue weighted by Crippen LogP contribution is 2.29. The van der Waals surface area contributed by atoms with Crippen LogP contribution >= 0.6 is 11.3 Å². The van der Waals surface area contributed by atoms with Gasteiger partial charge in [-0.3, -0.25) is 15.0 Å². The van der Waals surface area contributed by atoms with Gasteiger partial charge in [0.15, 0.2) is 16.6 Å². The summed E-state index contributed by atoms with van der Waals surface area (Å²) in [4.78, 5) is 19.6. The van der Waals surface area contributed by atoms with Crippen molar-refractivity contribution in [2.45, 2.75) is 39.7 Å². The molecule has 1 fully saturated rings. The zero-order chi connectivity index (χ0) is 19.1. The Morgan fingerprint density at radius 2 is 1.89 bits per heavy atom. The van der Waals surface area contributed by atoms with Crippen molar-refractivity contribution >= 4 is 22.4 Å². The maximum absolute atomic E-state index is 12.6. The zero-order valence-electron chi connectivity index (χ0n) is 16.0.